The first-order valence-electron chi connectivity index (χ1n) is 7.07. The zero-order valence-corrected chi connectivity index (χ0v) is 12.2. The molecule has 0 radical (unpaired) electrons. The van der Waals surface area contributed by atoms with Gasteiger partial charge in [-0.1, -0.05) is 31.0 Å². The molecule has 0 aliphatic carbocycles. The fourth-order valence-electron chi connectivity index (χ4n) is 3.13. The molecule has 4 heteroatoms. The molecule has 1 heterocycles. The maximum atomic E-state index is 14.2. The first kappa shape index (κ1) is 14.8. The van der Waals surface area contributed by atoms with Gasteiger partial charge >= 0.3 is 0 Å². The van der Waals surface area contributed by atoms with E-state index in [-0.39, 0.29) is 17.8 Å². The van der Waals surface area contributed by atoms with E-state index in [1.165, 1.54) is 6.07 Å². The Hall–Kier alpha value is -0.640. The maximum absolute atomic E-state index is 14.2. The van der Waals surface area contributed by atoms with Gasteiger partial charge in [0, 0.05) is 16.6 Å². The second-order valence-corrected chi connectivity index (χ2v) is 5.61. The van der Waals surface area contributed by atoms with Crippen LogP contribution < -0.4 is 5.73 Å². The van der Waals surface area contributed by atoms with Gasteiger partial charge in [-0.05, 0) is 50.5 Å². The normalized spacial score (nSPS) is 25.3. The minimum absolute atomic E-state index is 0.00574. The minimum atomic E-state index is -0.212. The summed E-state index contributed by atoms with van der Waals surface area (Å²) in [6.07, 6.45) is 3.34. The number of hydrogen-bond donors (Lipinski definition) is 1. The second-order valence-electron chi connectivity index (χ2n) is 5.20. The first-order chi connectivity index (χ1) is 9.19. The van der Waals surface area contributed by atoms with Crippen molar-refractivity contribution in [2.75, 3.05) is 19.6 Å². The number of halogens is 2. The van der Waals surface area contributed by atoms with Gasteiger partial charge in [-0.25, -0.2) is 4.39 Å². The minimum Gasteiger partial charge on any atom is -0.330 e. The lowest BCUT2D eigenvalue weighted by Gasteiger charge is -2.35. The highest BCUT2D eigenvalue weighted by Crippen LogP contribution is 2.38. The highest BCUT2D eigenvalue weighted by molar-refractivity contribution is 6.31. The van der Waals surface area contributed by atoms with Crippen molar-refractivity contribution in [1.29, 1.82) is 0 Å². The van der Waals surface area contributed by atoms with Crippen LogP contribution in [0.2, 0.25) is 5.02 Å². The Morgan fingerprint density at radius 2 is 2.21 bits per heavy atom. The number of likely N-dealkylation sites (tertiary alicyclic amines) is 1. The summed E-state index contributed by atoms with van der Waals surface area (Å²) in [7, 11) is 0. The van der Waals surface area contributed by atoms with Crippen LogP contribution in [0.5, 0.6) is 0 Å². The predicted octanol–water partition coefficient (Wildman–Crippen LogP) is 3.60. The third-order valence-corrected chi connectivity index (χ3v) is 4.44. The topological polar surface area (TPSA) is 29.3 Å². The van der Waals surface area contributed by atoms with Crippen LogP contribution in [0.25, 0.3) is 0 Å². The third-order valence-electron chi connectivity index (χ3n) is 4.11. The largest absolute Gasteiger partial charge is 0.330 e. The standard InChI is InChI=1S/C15H22ClFN2/c1-2-19-9-4-3-6-11(10-18)15(19)14-12(16)7-5-8-13(14)17/h5,7-8,11,15H,2-4,6,9-10,18H2,1H3. The quantitative estimate of drug-likeness (QED) is 0.919. The van der Waals surface area contributed by atoms with Crippen molar-refractivity contribution in [2.24, 2.45) is 11.7 Å². The average molecular weight is 285 g/mol. The van der Waals surface area contributed by atoms with E-state index in [0.29, 0.717) is 17.1 Å². The van der Waals surface area contributed by atoms with Crippen LogP contribution in [-0.4, -0.2) is 24.5 Å². The van der Waals surface area contributed by atoms with Gasteiger partial charge in [-0.15, -0.1) is 0 Å². The van der Waals surface area contributed by atoms with E-state index in [1.54, 1.807) is 12.1 Å². The third kappa shape index (κ3) is 3.10. The molecule has 0 aromatic heterocycles. The number of rotatable bonds is 3. The van der Waals surface area contributed by atoms with Gasteiger partial charge in [0.05, 0.1) is 0 Å². The average Bonchev–Trinajstić information content (AvgIpc) is 2.60. The van der Waals surface area contributed by atoms with Crippen molar-refractivity contribution in [3.8, 4) is 0 Å². The summed E-state index contributed by atoms with van der Waals surface area (Å²) in [5, 5.41) is 0.517. The number of benzene rings is 1. The Balaban J connectivity index is 2.45. The molecule has 1 saturated heterocycles. The van der Waals surface area contributed by atoms with Crippen molar-refractivity contribution in [1.82, 2.24) is 4.90 Å². The van der Waals surface area contributed by atoms with Crippen LogP contribution in [-0.2, 0) is 0 Å². The van der Waals surface area contributed by atoms with Gasteiger partial charge in [-0.3, -0.25) is 4.90 Å². The van der Waals surface area contributed by atoms with E-state index in [0.717, 1.165) is 32.4 Å². The molecule has 0 spiro atoms. The Bertz CT molecular complexity index is 390. The van der Waals surface area contributed by atoms with Crippen LogP contribution in [0.15, 0.2) is 18.2 Å². The van der Waals surface area contributed by atoms with Crippen LogP contribution in [0.3, 0.4) is 0 Å². The van der Waals surface area contributed by atoms with E-state index in [4.69, 9.17) is 17.3 Å². The molecule has 2 atom stereocenters. The van der Waals surface area contributed by atoms with Crippen molar-refractivity contribution < 1.29 is 4.39 Å². The van der Waals surface area contributed by atoms with E-state index in [9.17, 15) is 4.39 Å². The van der Waals surface area contributed by atoms with E-state index >= 15 is 0 Å². The fourth-order valence-corrected chi connectivity index (χ4v) is 3.40. The highest BCUT2D eigenvalue weighted by Gasteiger charge is 2.32. The van der Waals surface area contributed by atoms with E-state index < -0.39 is 0 Å². The van der Waals surface area contributed by atoms with Gasteiger partial charge in [0.15, 0.2) is 0 Å². The zero-order chi connectivity index (χ0) is 13.8. The van der Waals surface area contributed by atoms with Crippen LogP contribution in [0, 0.1) is 11.7 Å². The molecule has 1 aromatic carbocycles. The monoisotopic (exact) mass is 284 g/mol. The lowest BCUT2D eigenvalue weighted by molar-refractivity contribution is 0.163. The van der Waals surface area contributed by atoms with E-state index in [1.807, 2.05) is 0 Å². The van der Waals surface area contributed by atoms with Gasteiger partial charge in [0.2, 0.25) is 0 Å². The molecule has 0 bridgehead atoms. The molecular formula is C15H22ClFN2. The van der Waals surface area contributed by atoms with Crippen LogP contribution in [0.1, 0.15) is 37.8 Å². The number of nitrogens with zero attached hydrogens (tertiary/aromatic N) is 1. The highest BCUT2D eigenvalue weighted by atomic mass is 35.5. The molecule has 2 N–H and O–H groups in total. The molecule has 1 aromatic rings. The van der Waals surface area contributed by atoms with Gasteiger partial charge in [-0.2, -0.15) is 0 Å². The molecule has 1 aliphatic heterocycles. The summed E-state index contributed by atoms with van der Waals surface area (Å²) in [4.78, 5) is 2.31. The summed E-state index contributed by atoms with van der Waals surface area (Å²) in [6.45, 7) is 4.57. The SMILES string of the molecule is CCN1CCCCC(CN)C1c1c(F)cccc1Cl. The van der Waals surface area contributed by atoms with Gasteiger partial charge in [0.1, 0.15) is 5.82 Å². The molecule has 0 saturated carbocycles. The molecule has 2 unspecified atom stereocenters. The summed E-state index contributed by atoms with van der Waals surface area (Å²) in [5.74, 6) is 0.0631. The molecular weight excluding hydrogens is 263 g/mol. The molecule has 19 heavy (non-hydrogen) atoms. The summed E-state index contributed by atoms with van der Waals surface area (Å²) in [6, 6.07) is 4.93. The van der Waals surface area contributed by atoms with Crippen molar-refractivity contribution in [2.45, 2.75) is 32.2 Å². The van der Waals surface area contributed by atoms with Crippen molar-refractivity contribution in [3.05, 3.63) is 34.6 Å². The second kappa shape index (κ2) is 6.69. The Kier molecular flexibility index (Phi) is 5.20. The fraction of sp³-hybridized carbons (Fsp3) is 0.600. The molecule has 0 amide bonds. The number of hydrogen-bond acceptors (Lipinski definition) is 2. The molecule has 2 rings (SSSR count). The smallest absolute Gasteiger partial charge is 0.129 e. The van der Waals surface area contributed by atoms with Crippen LogP contribution in [0.4, 0.5) is 4.39 Å². The Labute approximate surface area is 119 Å². The molecule has 1 aliphatic rings. The lowest BCUT2D eigenvalue weighted by Crippen LogP contribution is -2.36. The maximum Gasteiger partial charge on any atom is 0.129 e. The van der Waals surface area contributed by atoms with Crippen molar-refractivity contribution >= 4 is 11.6 Å². The Morgan fingerprint density at radius 1 is 1.42 bits per heavy atom. The molecule has 1 fully saturated rings. The predicted molar refractivity (Wildman–Crippen MR) is 77.8 cm³/mol. The molecule has 2 nitrogen and oxygen atoms in total. The van der Waals surface area contributed by atoms with Crippen LogP contribution >= 0.6 is 11.6 Å². The molecule has 106 valence electrons. The summed E-state index contributed by atoms with van der Waals surface area (Å²) < 4.78 is 14.2. The Morgan fingerprint density at radius 3 is 2.84 bits per heavy atom. The van der Waals surface area contributed by atoms with Crippen molar-refractivity contribution in [3.63, 3.8) is 0 Å². The van der Waals surface area contributed by atoms with Gasteiger partial charge < -0.3 is 5.73 Å². The zero-order valence-electron chi connectivity index (χ0n) is 11.4. The number of nitrogens with two attached hydrogens (primary N) is 1. The van der Waals surface area contributed by atoms with E-state index in [2.05, 4.69) is 11.8 Å². The summed E-state index contributed by atoms with van der Waals surface area (Å²) in [5.41, 5.74) is 6.55. The first-order valence-corrected chi connectivity index (χ1v) is 7.44. The van der Waals surface area contributed by atoms with Gasteiger partial charge in [0.25, 0.3) is 0 Å². The lowest BCUT2D eigenvalue weighted by atomic mass is 9.89. The summed E-state index contributed by atoms with van der Waals surface area (Å²) >= 11 is 6.25.